The number of amides is 1. The number of nitrogens with two attached hydrogens (primary N) is 1. The number of rotatable bonds is 1. The molecule has 9 heavy (non-hydrogen) atoms. The van der Waals surface area contributed by atoms with Crippen molar-refractivity contribution in [1.82, 2.24) is 0 Å². The highest BCUT2D eigenvalue weighted by molar-refractivity contribution is 8.13. The maximum atomic E-state index is 9.90. The maximum absolute atomic E-state index is 9.90. The molecule has 0 unspecified atom stereocenters. The van der Waals surface area contributed by atoms with E-state index in [2.05, 4.69) is 15.7 Å². The molecular weight excluding hydrogens is 140 g/mol. The predicted molar refractivity (Wildman–Crippen MR) is 37.3 cm³/mol. The van der Waals surface area contributed by atoms with E-state index in [4.69, 9.17) is 0 Å². The van der Waals surface area contributed by atoms with Gasteiger partial charge in [0.25, 0.3) is 0 Å². The molecule has 0 saturated carbocycles. The van der Waals surface area contributed by atoms with Crippen molar-refractivity contribution in [2.75, 3.05) is 6.26 Å². The fourth-order valence-electron chi connectivity index (χ4n) is 0.147. The van der Waals surface area contributed by atoms with Crippen molar-refractivity contribution in [3.05, 3.63) is 0 Å². The summed E-state index contributed by atoms with van der Waals surface area (Å²) in [5.41, 5.74) is 4.62. The lowest BCUT2D eigenvalue weighted by atomic mass is 10.9. The largest absolute Gasteiger partial charge is 0.430 e. The first-order valence-electron chi connectivity index (χ1n) is 2.22. The van der Waals surface area contributed by atoms with Crippen molar-refractivity contribution >= 4 is 22.9 Å². The van der Waals surface area contributed by atoms with Gasteiger partial charge in [-0.3, -0.25) is 4.84 Å². The van der Waals surface area contributed by atoms with Gasteiger partial charge in [-0.15, -0.1) is 11.8 Å². The normalized spacial score (nSPS) is 11.1. The van der Waals surface area contributed by atoms with Crippen molar-refractivity contribution < 1.29 is 9.63 Å². The van der Waals surface area contributed by atoms with Crippen LogP contribution in [0.3, 0.4) is 0 Å². The third kappa shape index (κ3) is 5.16. The molecule has 0 saturated heterocycles. The molecule has 0 rings (SSSR count). The van der Waals surface area contributed by atoms with E-state index < -0.39 is 6.09 Å². The zero-order chi connectivity index (χ0) is 7.28. The molecule has 0 aromatic heterocycles. The van der Waals surface area contributed by atoms with Gasteiger partial charge in [-0.05, 0) is 13.2 Å². The first kappa shape index (κ1) is 8.29. The molecule has 0 aliphatic carbocycles. The Bertz CT molecular complexity index is 135. The van der Waals surface area contributed by atoms with E-state index in [1.807, 2.05) is 6.26 Å². The van der Waals surface area contributed by atoms with Crippen molar-refractivity contribution in [2.45, 2.75) is 6.92 Å². The minimum Gasteiger partial charge on any atom is -0.333 e. The number of carbonyl (C=O) groups excluding carboxylic acids is 1. The third-order valence-electron chi connectivity index (χ3n) is 0.560. The van der Waals surface area contributed by atoms with Gasteiger partial charge in [-0.2, -0.15) is 0 Å². The molecule has 0 heterocycles. The number of oxime groups is 1. The molecule has 4 nitrogen and oxygen atoms in total. The van der Waals surface area contributed by atoms with Gasteiger partial charge >= 0.3 is 6.09 Å². The molecule has 0 radical (unpaired) electrons. The summed E-state index contributed by atoms with van der Waals surface area (Å²) < 4.78 is 0. The van der Waals surface area contributed by atoms with Gasteiger partial charge in [0.1, 0.15) is 5.04 Å². The number of hydrogen-bond acceptors (Lipinski definition) is 4. The predicted octanol–water partition coefficient (Wildman–Crippen LogP) is 0.778. The molecule has 1 amide bonds. The van der Waals surface area contributed by atoms with E-state index in [1.54, 1.807) is 6.92 Å². The van der Waals surface area contributed by atoms with Crippen molar-refractivity contribution in [1.29, 1.82) is 0 Å². The van der Waals surface area contributed by atoms with Crippen LogP contribution in [-0.2, 0) is 4.84 Å². The van der Waals surface area contributed by atoms with Gasteiger partial charge < -0.3 is 5.73 Å². The Labute approximate surface area is 57.4 Å². The number of hydrogen-bond donors (Lipinski definition) is 1. The Morgan fingerprint density at radius 3 is 2.67 bits per heavy atom. The summed E-state index contributed by atoms with van der Waals surface area (Å²) in [7, 11) is 0. The molecule has 5 heteroatoms. The van der Waals surface area contributed by atoms with Crippen LogP contribution in [-0.4, -0.2) is 17.4 Å². The Morgan fingerprint density at radius 1 is 1.78 bits per heavy atom. The SMILES string of the molecule is CS/C(C)=N/OC(N)=O. The molecule has 2 N–H and O–H groups in total. The van der Waals surface area contributed by atoms with Gasteiger partial charge in [0.2, 0.25) is 0 Å². The summed E-state index contributed by atoms with van der Waals surface area (Å²) in [5.74, 6) is 0. The molecular formula is C4H8N2O2S. The molecule has 0 aliphatic heterocycles. The standard InChI is InChI=1S/C4H8N2O2S/c1-3(9-2)6-8-4(5)7/h1-2H3,(H2,5,7)/b6-3+. The summed E-state index contributed by atoms with van der Waals surface area (Å²) in [6.07, 6.45) is 0.937. The first-order valence-corrected chi connectivity index (χ1v) is 3.44. The van der Waals surface area contributed by atoms with E-state index in [-0.39, 0.29) is 0 Å². The highest BCUT2D eigenvalue weighted by Gasteiger charge is 1.90. The Morgan fingerprint density at radius 2 is 2.33 bits per heavy atom. The summed E-state index contributed by atoms with van der Waals surface area (Å²) in [5, 5.41) is 4.01. The van der Waals surface area contributed by atoms with Crippen LogP contribution < -0.4 is 5.73 Å². The quantitative estimate of drug-likeness (QED) is 0.258. The Balaban J connectivity index is 3.56. The van der Waals surface area contributed by atoms with Crippen molar-refractivity contribution in [3.63, 3.8) is 0 Å². The lowest BCUT2D eigenvalue weighted by Crippen LogP contribution is -2.09. The van der Waals surface area contributed by atoms with E-state index in [9.17, 15) is 4.79 Å². The van der Waals surface area contributed by atoms with E-state index in [1.165, 1.54) is 11.8 Å². The summed E-state index contributed by atoms with van der Waals surface area (Å²) in [4.78, 5) is 14.0. The minimum absolute atomic E-state index is 0.661. The zero-order valence-electron chi connectivity index (χ0n) is 5.25. The second-order valence-corrected chi connectivity index (χ2v) is 2.22. The average molecular weight is 148 g/mol. The van der Waals surface area contributed by atoms with Crippen LogP contribution in [0.2, 0.25) is 0 Å². The molecule has 52 valence electrons. The molecule has 0 fully saturated rings. The third-order valence-corrected chi connectivity index (χ3v) is 1.22. The average Bonchev–Trinajstić information content (AvgIpc) is 1.83. The van der Waals surface area contributed by atoms with Gasteiger partial charge in [-0.1, -0.05) is 5.16 Å². The number of nitrogens with zero attached hydrogens (tertiary/aromatic N) is 1. The fraction of sp³-hybridized carbons (Fsp3) is 0.500. The lowest BCUT2D eigenvalue weighted by molar-refractivity contribution is 0.162. The zero-order valence-corrected chi connectivity index (χ0v) is 6.07. The summed E-state index contributed by atoms with van der Waals surface area (Å²) in [6, 6.07) is 0. The van der Waals surface area contributed by atoms with Crippen LogP contribution >= 0.6 is 11.8 Å². The van der Waals surface area contributed by atoms with Gasteiger partial charge in [0, 0.05) is 0 Å². The van der Waals surface area contributed by atoms with Crippen molar-refractivity contribution in [3.8, 4) is 0 Å². The summed E-state index contributed by atoms with van der Waals surface area (Å²) >= 11 is 1.38. The van der Waals surface area contributed by atoms with Gasteiger partial charge in [-0.25, -0.2) is 4.79 Å². The molecule has 0 aromatic carbocycles. The lowest BCUT2D eigenvalue weighted by Gasteiger charge is -1.90. The number of thioether (sulfide) groups is 1. The van der Waals surface area contributed by atoms with E-state index in [0.29, 0.717) is 5.04 Å². The number of carbonyl (C=O) groups is 1. The fourth-order valence-corrected chi connectivity index (χ4v) is 0.258. The molecule has 0 aromatic rings. The smallest absolute Gasteiger partial charge is 0.333 e. The van der Waals surface area contributed by atoms with Crippen LogP contribution in [0.25, 0.3) is 0 Å². The van der Waals surface area contributed by atoms with E-state index >= 15 is 0 Å². The van der Waals surface area contributed by atoms with E-state index in [0.717, 1.165) is 0 Å². The van der Waals surface area contributed by atoms with Crippen molar-refractivity contribution in [2.24, 2.45) is 10.9 Å². The highest BCUT2D eigenvalue weighted by Crippen LogP contribution is 1.95. The van der Waals surface area contributed by atoms with Gasteiger partial charge in [0.05, 0.1) is 0 Å². The molecule has 0 spiro atoms. The van der Waals surface area contributed by atoms with Crippen LogP contribution in [0, 0.1) is 0 Å². The molecule has 0 aliphatic rings. The molecule has 0 bridgehead atoms. The monoisotopic (exact) mass is 148 g/mol. The van der Waals surface area contributed by atoms with Gasteiger partial charge in [0.15, 0.2) is 0 Å². The van der Waals surface area contributed by atoms with Crippen LogP contribution in [0.15, 0.2) is 5.16 Å². The minimum atomic E-state index is -0.886. The van der Waals surface area contributed by atoms with Crippen LogP contribution in [0.1, 0.15) is 6.92 Å². The second kappa shape index (κ2) is 4.20. The van der Waals surface area contributed by atoms with Crippen LogP contribution in [0.4, 0.5) is 4.79 Å². The highest BCUT2D eigenvalue weighted by atomic mass is 32.2. The number of primary amides is 1. The summed E-state index contributed by atoms with van der Waals surface area (Å²) in [6.45, 7) is 1.72. The maximum Gasteiger partial charge on any atom is 0.430 e. The topological polar surface area (TPSA) is 64.7 Å². The first-order chi connectivity index (χ1) is 4.16. The molecule has 0 atom stereocenters. The Kier molecular flexibility index (Phi) is 3.87. The second-order valence-electron chi connectivity index (χ2n) is 1.22. The van der Waals surface area contributed by atoms with Crippen LogP contribution in [0.5, 0.6) is 0 Å². The Hall–Kier alpha value is -0.710.